The highest BCUT2D eigenvalue weighted by Gasteiger charge is 2.05. The molecule has 0 fully saturated rings. The molecule has 0 heterocycles. The minimum atomic E-state index is 0.669. The van der Waals surface area contributed by atoms with E-state index in [2.05, 4.69) is 17.1 Å². The molecule has 14 heavy (non-hydrogen) atoms. The predicted octanol–water partition coefficient (Wildman–Crippen LogP) is 0.476. The standard InChI is InChI=1S/C9H20N2O2S/c1-4-11(6-8-13-3)9(14)10-5-7-12-2/h4-8H2,1-3H3,(H,10,14). The molecule has 4 nitrogen and oxygen atoms in total. The quantitative estimate of drug-likeness (QED) is 0.498. The maximum absolute atomic E-state index is 5.21. The van der Waals surface area contributed by atoms with Crippen molar-refractivity contribution < 1.29 is 9.47 Å². The molecule has 0 aromatic rings. The molecule has 0 saturated heterocycles. The Bertz CT molecular complexity index is 156. The maximum Gasteiger partial charge on any atom is 0.169 e. The molecule has 0 aromatic carbocycles. The van der Waals surface area contributed by atoms with Gasteiger partial charge in [-0.05, 0) is 19.1 Å². The molecule has 0 radical (unpaired) electrons. The molecular formula is C9H20N2O2S. The highest BCUT2D eigenvalue weighted by molar-refractivity contribution is 7.80. The zero-order chi connectivity index (χ0) is 10.8. The van der Waals surface area contributed by atoms with Crippen LogP contribution in [0.3, 0.4) is 0 Å². The summed E-state index contributed by atoms with van der Waals surface area (Å²) in [5, 5.41) is 3.89. The van der Waals surface area contributed by atoms with Crippen molar-refractivity contribution in [1.29, 1.82) is 0 Å². The molecule has 0 rings (SSSR count). The highest BCUT2D eigenvalue weighted by Crippen LogP contribution is 1.89. The molecule has 0 amide bonds. The van der Waals surface area contributed by atoms with Crippen LogP contribution in [0, 0.1) is 0 Å². The van der Waals surface area contributed by atoms with E-state index in [4.69, 9.17) is 21.7 Å². The van der Waals surface area contributed by atoms with Gasteiger partial charge in [0.1, 0.15) is 0 Å². The molecular weight excluding hydrogens is 200 g/mol. The van der Waals surface area contributed by atoms with Crippen molar-refractivity contribution in [3.05, 3.63) is 0 Å². The van der Waals surface area contributed by atoms with E-state index in [1.54, 1.807) is 14.2 Å². The van der Waals surface area contributed by atoms with Crippen LogP contribution in [0.4, 0.5) is 0 Å². The number of hydrogen-bond acceptors (Lipinski definition) is 3. The Labute approximate surface area is 91.6 Å². The summed E-state index contributed by atoms with van der Waals surface area (Å²) in [5.41, 5.74) is 0. The molecule has 0 aliphatic rings. The summed E-state index contributed by atoms with van der Waals surface area (Å²) < 4.78 is 9.92. The van der Waals surface area contributed by atoms with Gasteiger partial charge in [0.05, 0.1) is 13.2 Å². The first-order valence-corrected chi connectivity index (χ1v) is 5.17. The Morgan fingerprint density at radius 3 is 2.43 bits per heavy atom. The third-order valence-corrected chi connectivity index (χ3v) is 2.22. The third kappa shape index (κ3) is 6.12. The van der Waals surface area contributed by atoms with E-state index in [0.29, 0.717) is 13.2 Å². The lowest BCUT2D eigenvalue weighted by atomic mass is 10.5. The van der Waals surface area contributed by atoms with E-state index in [-0.39, 0.29) is 0 Å². The van der Waals surface area contributed by atoms with E-state index < -0.39 is 0 Å². The zero-order valence-electron chi connectivity index (χ0n) is 9.21. The molecule has 0 atom stereocenters. The molecule has 0 spiro atoms. The van der Waals surface area contributed by atoms with Crippen LogP contribution in [-0.4, -0.2) is 57.1 Å². The fourth-order valence-electron chi connectivity index (χ4n) is 0.977. The summed E-state index contributed by atoms with van der Waals surface area (Å²) in [6.07, 6.45) is 0. The number of nitrogens with one attached hydrogen (secondary N) is 1. The average molecular weight is 220 g/mol. The fourth-order valence-corrected chi connectivity index (χ4v) is 1.30. The van der Waals surface area contributed by atoms with Gasteiger partial charge in [-0.3, -0.25) is 0 Å². The molecule has 0 aromatic heterocycles. The molecule has 0 aliphatic carbocycles. The maximum atomic E-state index is 5.21. The summed E-state index contributed by atoms with van der Waals surface area (Å²) >= 11 is 5.21. The average Bonchev–Trinajstić information content (AvgIpc) is 2.19. The predicted molar refractivity (Wildman–Crippen MR) is 61.6 cm³/mol. The summed E-state index contributed by atoms with van der Waals surface area (Å²) in [6.45, 7) is 5.90. The highest BCUT2D eigenvalue weighted by atomic mass is 32.1. The van der Waals surface area contributed by atoms with E-state index in [1.165, 1.54) is 0 Å². The number of thiocarbonyl (C=S) groups is 1. The monoisotopic (exact) mass is 220 g/mol. The van der Waals surface area contributed by atoms with Crippen molar-refractivity contribution in [2.45, 2.75) is 6.92 Å². The molecule has 0 bridgehead atoms. The van der Waals surface area contributed by atoms with Gasteiger partial charge in [0.25, 0.3) is 0 Å². The smallest absolute Gasteiger partial charge is 0.169 e. The third-order valence-electron chi connectivity index (χ3n) is 1.82. The second kappa shape index (κ2) is 9.18. The normalized spacial score (nSPS) is 9.93. The number of hydrogen-bond donors (Lipinski definition) is 1. The van der Waals surface area contributed by atoms with Gasteiger partial charge in [0.15, 0.2) is 5.11 Å². The summed E-state index contributed by atoms with van der Waals surface area (Å²) in [6, 6.07) is 0. The van der Waals surface area contributed by atoms with Crippen molar-refractivity contribution >= 4 is 17.3 Å². The second-order valence-electron chi connectivity index (χ2n) is 2.80. The topological polar surface area (TPSA) is 33.7 Å². The number of likely N-dealkylation sites (N-methyl/N-ethyl adjacent to an activating group) is 1. The van der Waals surface area contributed by atoms with Crippen LogP contribution in [-0.2, 0) is 9.47 Å². The first kappa shape index (κ1) is 13.6. The number of methoxy groups -OCH3 is 2. The second-order valence-corrected chi connectivity index (χ2v) is 3.18. The van der Waals surface area contributed by atoms with Gasteiger partial charge in [0, 0.05) is 33.9 Å². The minimum absolute atomic E-state index is 0.669. The van der Waals surface area contributed by atoms with E-state index in [1.807, 2.05) is 0 Å². The van der Waals surface area contributed by atoms with Crippen molar-refractivity contribution in [2.75, 3.05) is 47.1 Å². The van der Waals surface area contributed by atoms with Crippen molar-refractivity contribution in [2.24, 2.45) is 0 Å². The van der Waals surface area contributed by atoms with Crippen LogP contribution in [0.15, 0.2) is 0 Å². The Balaban J connectivity index is 3.67. The summed E-state index contributed by atoms with van der Waals surface area (Å²) in [4.78, 5) is 2.06. The van der Waals surface area contributed by atoms with E-state index in [9.17, 15) is 0 Å². The minimum Gasteiger partial charge on any atom is -0.383 e. The van der Waals surface area contributed by atoms with Crippen LogP contribution in [0.2, 0.25) is 0 Å². The molecule has 5 heteroatoms. The number of rotatable bonds is 7. The first-order valence-electron chi connectivity index (χ1n) is 4.76. The van der Waals surface area contributed by atoms with Crippen LogP contribution < -0.4 is 5.32 Å². The van der Waals surface area contributed by atoms with Gasteiger partial charge < -0.3 is 19.7 Å². The van der Waals surface area contributed by atoms with Gasteiger partial charge >= 0.3 is 0 Å². The Morgan fingerprint density at radius 1 is 1.29 bits per heavy atom. The lowest BCUT2D eigenvalue weighted by Gasteiger charge is -2.23. The van der Waals surface area contributed by atoms with E-state index >= 15 is 0 Å². The van der Waals surface area contributed by atoms with Crippen molar-refractivity contribution in [3.63, 3.8) is 0 Å². The largest absolute Gasteiger partial charge is 0.383 e. The molecule has 0 unspecified atom stereocenters. The van der Waals surface area contributed by atoms with Crippen LogP contribution >= 0.6 is 12.2 Å². The van der Waals surface area contributed by atoms with Crippen LogP contribution in [0.1, 0.15) is 6.92 Å². The van der Waals surface area contributed by atoms with Crippen molar-refractivity contribution in [3.8, 4) is 0 Å². The Hall–Kier alpha value is -0.390. The lowest BCUT2D eigenvalue weighted by molar-refractivity contribution is 0.176. The fraction of sp³-hybridized carbons (Fsp3) is 0.889. The number of nitrogens with zero attached hydrogens (tertiary/aromatic N) is 1. The first-order chi connectivity index (χ1) is 6.76. The summed E-state index contributed by atoms with van der Waals surface area (Å²) in [7, 11) is 3.36. The zero-order valence-corrected chi connectivity index (χ0v) is 10.0. The van der Waals surface area contributed by atoms with Crippen molar-refractivity contribution in [1.82, 2.24) is 10.2 Å². The van der Waals surface area contributed by atoms with Gasteiger partial charge in [-0.15, -0.1) is 0 Å². The van der Waals surface area contributed by atoms with Gasteiger partial charge in [-0.25, -0.2) is 0 Å². The summed E-state index contributed by atoms with van der Waals surface area (Å²) in [5.74, 6) is 0. The van der Waals surface area contributed by atoms with Crippen LogP contribution in [0.5, 0.6) is 0 Å². The molecule has 0 saturated carbocycles. The van der Waals surface area contributed by atoms with Gasteiger partial charge in [0.2, 0.25) is 0 Å². The van der Waals surface area contributed by atoms with E-state index in [0.717, 1.165) is 24.7 Å². The molecule has 84 valence electrons. The van der Waals surface area contributed by atoms with Gasteiger partial charge in [-0.1, -0.05) is 0 Å². The number of ether oxygens (including phenoxy) is 2. The Kier molecular flexibility index (Phi) is 8.92. The van der Waals surface area contributed by atoms with Gasteiger partial charge in [-0.2, -0.15) is 0 Å². The SMILES string of the molecule is CCN(CCOC)C(=S)NCCOC. The Morgan fingerprint density at radius 2 is 1.93 bits per heavy atom. The van der Waals surface area contributed by atoms with Crippen LogP contribution in [0.25, 0.3) is 0 Å². The molecule has 0 aliphatic heterocycles. The lowest BCUT2D eigenvalue weighted by Crippen LogP contribution is -2.42. The molecule has 1 N–H and O–H groups in total.